The third kappa shape index (κ3) is 3.44. The molecule has 1 aliphatic heterocycles. The molecular weight excluding hydrogens is 291 g/mol. The van der Waals surface area contributed by atoms with Crippen LogP contribution in [0.4, 0.5) is 4.39 Å². The van der Waals surface area contributed by atoms with Crippen molar-refractivity contribution in [2.24, 2.45) is 5.92 Å². The van der Waals surface area contributed by atoms with E-state index in [0.717, 1.165) is 25.6 Å². The second kappa shape index (κ2) is 5.66. The fraction of sp³-hybridized carbons (Fsp3) is 0.600. The number of nitrogens with one attached hydrogen (secondary N) is 1. The Morgan fingerprint density at radius 3 is 2.76 bits per heavy atom. The molecule has 2 fully saturated rings. The number of aryl methyl sites for hydroxylation is 1. The average molecular weight is 312 g/mol. The van der Waals surface area contributed by atoms with Crippen molar-refractivity contribution in [1.82, 2.24) is 9.62 Å². The molecule has 0 aromatic heterocycles. The molecule has 1 saturated carbocycles. The Morgan fingerprint density at radius 1 is 1.33 bits per heavy atom. The Morgan fingerprint density at radius 2 is 2.10 bits per heavy atom. The molecule has 1 saturated heterocycles. The molecule has 3 rings (SSSR count). The van der Waals surface area contributed by atoms with Crippen molar-refractivity contribution in [2.45, 2.75) is 37.1 Å². The molecule has 0 bridgehead atoms. The Balaban J connectivity index is 1.59. The molecule has 0 unspecified atom stereocenters. The van der Waals surface area contributed by atoms with Gasteiger partial charge in [-0.15, -0.1) is 0 Å². The number of halogens is 1. The van der Waals surface area contributed by atoms with E-state index < -0.39 is 10.0 Å². The van der Waals surface area contributed by atoms with Gasteiger partial charge in [0.15, 0.2) is 0 Å². The first-order valence-corrected chi connectivity index (χ1v) is 8.94. The molecule has 116 valence electrons. The van der Waals surface area contributed by atoms with Crippen molar-refractivity contribution < 1.29 is 12.8 Å². The number of likely N-dealkylation sites (tertiary alicyclic amines) is 1. The van der Waals surface area contributed by atoms with Gasteiger partial charge in [-0.1, -0.05) is 0 Å². The molecule has 1 heterocycles. The summed E-state index contributed by atoms with van der Waals surface area (Å²) in [5.74, 6) is -0.00765. The van der Waals surface area contributed by atoms with E-state index in [1.165, 1.54) is 31.0 Å². The number of hydrogen-bond acceptors (Lipinski definition) is 3. The lowest BCUT2D eigenvalue weighted by Gasteiger charge is -2.15. The summed E-state index contributed by atoms with van der Waals surface area (Å²) in [6, 6.07) is 4.64. The lowest BCUT2D eigenvalue weighted by molar-refractivity contribution is 0.314. The molecule has 21 heavy (non-hydrogen) atoms. The van der Waals surface area contributed by atoms with Crippen LogP contribution < -0.4 is 4.72 Å². The predicted molar refractivity (Wildman–Crippen MR) is 79.0 cm³/mol. The first-order valence-electron chi connectivity index (χ1n) is 7.45. The van der Waals surface area contributed by atoms with Crippen LogP contribution in [0.2, 0.25) is 0 Å². The third-order valence-electron chi connectivity index (χ3n) is 4.38. The van der Waals surface area contributed by atoms with Crippen LogP contribution in [0.1, 0.15) is 24.8 Å². The number of rotatable bonds is 5. The largest absolute Gasteiger partial charge is 0.300 e. The second-order valence-electron chi connectivity index (χ2n) is 6.14. The van der Waals surface area contributed by atoms with E-state index in [1.54, 1.807) is 6.92 Å². The topological polar surface area (TPSA) is 49.4 Å². The maximum Gasteiger partial charge on any atom is 0.240 e. The van der Waals surface area contributed by atoms with Crippen LogP contribution in [-0.2, 0) is 10.0 Å². The van der Waals surface area contributed by atoms with Gasteiger partial charge in [-0.3, -0.25) is 0 Å². The number of hydrogen-bond donors (Lipinski definition) is 1. The minimum absolute atomic E-state index is 0.137. The van der Waals surface area contributed by atoms with Gasteiger partial charge in [0.2, 0.25) is 10.0 Å². The number of nitrogens with zero attached hydrogens (tertiary/aromatic N) is 1. The molecule has 1 atom stereocenters. The van der Waals surface area contributed by atoms with Gasteiger partial charge in [0.25, 0.3) is 0 Å². The fourth-order valence-corrected chi connectivity index (χ4v) is 4.10. The second-order valence-corrected chi connectivity index (χ2v) is 7.91. The molecule has 0 radical (unpaired) electrons. The zero-order valence-corrected chi connectivity index (χ0v) is 13.0. The Hall–Kier alpha value is -0.980. The van der Waals surface area contributed by atoms with Crippen LogP contribution in [0.25, 0.3) is 0 Å². The summed E-state index contributed by atoms with van der Waals surface area (Å²) in [4.78, 5) is 2.60. The van der Waals surface area contributed by atoms with Crippen LogP contribution in [0.15, 0.2) is 23.1 Å². The highest BCUT2D eigenvalue weighted by Crippen LogP contribution is 2.31. The van der Waals surface area contributed by atoms with Gasteiger partial charge in [0, 0.05) is 19.1 Å². The van der Waals surface area contributed by atoms with Crippen molar-refractivity contribution in [3.05, 3.63) is 29.6 Å². The van der Waals surface area contributed by atoms with Crippen LogP contribution >= 0.6 is 0 Å². The van der Waals surface area contributed by atoms with E-state index in [4.69, 9.17) is 0 Å². The Kier molecular flexibility index (Phi) is 4.03. The lowest BCUT2D eigenvalue weighted by Crippen LogP contribution is -2.31. The standard InChI is InChI=1S/C15H21FN2O2S/c1-11-8-14(4-5-15(11)16)21(19,20)17-9-12-6-7-18(10-12)13-2-3-13/h4-5,8,12-13,17H,2-3,6-7,9-10H2,1H3/t12-/m0/s1. The van der Waals surface area contributed by atoms with Crippen LogP contribution in [0.5, 0.6) is 0 Å². The molecule has 4 nitrogen and oxygen atoms in total. The molecule has 1 aromatic carbocycles. The third-order valence-corrected chi connectivity index (χ3v) is 5.80. The molecule has 1 aliphatic carbocycles. The first kappa shape index (κ1) is 14.9. The first-order chi connectivity index (χ1) is 9.95. The predicted octanol–water partition coefficient (Wildman–Crippen LogP) is 1.90. The van der Waals surface area contributed by atoms with Crippen LogP contribution in [0.3, 0.4) is 0 Å². The molecule has 6 heteroatoms. The SMILES string of the molecule is Cc1cc(S(=O)(=O)NC[C@@H]2CCN(C3CC3)C2)ccc1F. The van der Waals surface area contributed by atoms with E-state index in [1.807, 2.05) is 0 Å². The van der Waals surface area contributed by atoms with E-state index in [2.05, 4.69) is 9.62 Å². The van der Waals surface area contributed by atoms with Gasteiger partial charge in [0.05, 0.1) is 4.90 Å². The van der Waals surface area contributed by atoms with Crippen molar-refractivity contribution >= 4 is 10.0 Å². The summed E-state index contributed by atoms with van der Waals surface area (Å²) < 4.78 is 40.4. The monoisotopic (exact) mass is 312 g/mol. The number of benzene rings is 1. The highest BCUT2D eigenvalue weighted by Gasteiger charge is 2.34. The van der Waals surface area contributed by atoms with Gasteiger partial charge in [-0.25, -0.2) is 17.5 Å². The molecule has 1 aromatic rings. The van der Waals surface area contributed by atoms with E-state index >= 15 is 0 Å². The van der Waals surface area contributed by atoms with E-state index in [0.29, 0.717) is 18.0 Å². The van der Waals surface area contributed by atoms with Gasteiger partial charge in [0.1, 0.15) is 5.82 Å². The summed E-state index contributed by atoms with van der Waals surface area (Å²) in [5.41, 5.74) is 0.346. The van der Waals surface area contributed by atoms with Crippen molar-refractivity contribution in [3.8, 4) is 0 Å². The highest BCUT2D eigenvalue weighted by molar-refractivity contribution is 7.89. The molecule has 1 N–H and O–H groups in total. The van der Waals surface area contributed by atoms with Gasteiger partial charge >= 0.3 is 0 Å². The number of sulfonamides is 1. The average Bonchev–Trinajstić information content (AvgIpc) is 3.19. The summed E-state index contributed by atoms with van der Waals surface area (Å²) >= 11 is 0. The molecule has 0 amide bonds. The van der Waals surface area contributed by atoms with Crippen LogP contribution in [-0.4, -0.2) is 39.0 Å². The van der Waals surface area contributed by atoms with E-state index in [-0.39, 0.29) is 10.7 Å². The van der Waals surface area contributed by atoms with Gasteiger partial charge in [-0.2, -0.15) is 0 Å². The quantitative estimate of drug-likeness (QED) is 0.903. The van der Waals surface area contributed by atoms with Crippen LogP contribution in [0, 0.1) is 18.7 Å². The smallest absolute Gasteiger partial charge is 0.240 e. The highest BCUT2D eigenvalue weighted by atomic mass is 32.2. The lowest BCUT2D eigenvalue weighted by atomic mass is 10.1. The molecular formula is C15H21FN2O2S. The molecule has 0 spiro atoms. The van der Waals surface area contributed by atoms with Gasteiger partial charge < -0.3 is 4.90 Å². The van der Waals surface area contributed by atoms with Gasteiger partial charge in [-0.05, 0) is 62.4 Å². The minimum Gasteiger partial charge on any atom is -0.300 e. The Bertz CT molecular complexity index is 629. The summed E-state index contributed by atoms with van der Waals surface area (Å²) in [6.07, 6.45) is 3.61. The Labute approximate surface area is 125 Å². The van der Waals surface area contributed by atoms with Crippen molar-refractivity contribution in [2.75, 3.05) is 19.6 Å². The zero-order valence-electron chi connectivity index (χ0n) is 12.2. The zero-order chi connectivity index (χ0) is 15.0. The van der Waals surface area contributed by atoms with Crippen molar-refractivity contribution in [3.63, 3.8) is 0 Å². The fourth-order valence-electron chi connectivity index (χ4n) is 2.90. The summed E-state index contributed by atoms with van der Waals surface area (Å²) in [5, 5.41) is 0. The van der Waals surface area contributed by atoms with E-state index in [9.17, 15) is 12.8 Å². The molecule has 2 aliphatic rings. The summed E-state index contributed by atoms with van der Waals surface area (Å²) in [6.45, 7) is 4.09. The maximum atomic E-state index is 13.2. The minimum atomic E-state index is -3.54. The maximum absolute atomic E-state index is 13.2. The summed E-state index contributed by atoms with van der Waals surface area (Å²) in [7, 11) is -3.54. The van der Waals surface area contributed by atoms with Crippen molar-refractivity contribution in [1.29, 1.82) is 0 Å². The normalized spacial score (nSPS) is 23.6.